The Morgan fingerprint density at radius 3 is 2.67 bits per heavy atom. The van der Waals surface area contributed by atoms with Crippen molar-refractivity contribution < 1.29 is 22.7 Å². The van der Waals surface area contributed by atoms with Crippen LogP contribution in [0.1, 0.15) is 45.7 Å². The number of carbonyl (C=O) groups is 1. The lowest BCUT2D eigenvalue weighted by Gasteiger charge is -2.33. The third-order valence-corrected chi connectivity index (χ3v) is 6.32. The predicted molar refractivity (Wildman–Crippen MR) is 116 cm³/mol. The minimum atomic E-state index is -4.51. The number of hydrogen-bond acceptors (Lipinski definition) is 4. The van der Waals surface area contributed by atoms with Crippen LogP contribution in [-0.4, -0.2) is 40.4 Å². The van der Waals surface area contributed by atoms with Gasteiger partial charge in [0.1, 0.15) is 11.6 Å². The number of benzene rings is 2. The van der Waals surface area contributed by atoms with Gasteiger partial charge >= 0.3 is 6.18 Å². The van der Waals surface area contributed by atoms with Gasteiger partial charge in [0.15, 0.2) is 11.7 Å². The van der Waals surface area contributed by atoms with E-state index in [2.05, 4.69) is 10.4 Å². The minimum absolute atomic E-state index is 0.0115. The monoisotopic (exact) mass is 456 g/mol. The van der Waals surface area contributed by atoms with E-state index in [1.54, 1.807) is 29.2 Å². The predicted octanol–water partition coefficient (Wildman–Crippen LogP) is 4.75. The second kappa shape index (κ2) is 8.13. The van der Waals surface area contributed by atoms with E-state index in [-0.39, 0.29) is 23.8 Å². The Morgan fingerprint density at radius 1 is 1.12 bits per heavy atom. The SMILES string of the molecule is COc1cccc([C@@H]2C[C@@H](C(F)(F)F)n3nc(C(=O)N4CCc5ccccc5C4)cc3N2)c1. The molecule has 3 heterocycles. The number of rotatable bonds is 3. The molecule has 9 heteroatoms. The smallest absolute Gasteiger partial charge is 0.410 e. The fourth-order valence-electron chi connectivity index (χ4n) is 4.59. The zero-order valence-corrected chi connectivity index (χ0v) is 18.0. The molecule has 0 fully saturated rings. The standard InChI is InChI=1S/C24H23F3N4O2/c1-33-18-8-4-7-16(11-18)19-12-21(24(25,26)27)31-22(28-19)13-20(29-31)23(32)30-10-9-15-5-2-3-6-17(15)14-30/h2-8,11,13,19,21,28H,9-10,12,14H2,1H3/t19-,21-/m0/s1. The van der Waals surface area contributed by atoms with Crippen LogP contribution in [0.4, 0.5) is 19.0 Å². The van der Waals surface area contributed by atoms with Crippen molar-refractivity contribution >= 4 is 11.7 Å². The van der Waals surface area contributed by atoms with E-state index in [1.807, 2.05) is 24.3 Å². The summed E-state index contributed by atoms with van der Waals surface area (Å²) in [6.07, 6.45) is -4.04. The highest BCUT2D eigenvalue weighted by Gasteiger charge is 2.47. The Bertz CT molecular complexity index is 1190. The van der Waals surface area contributed by atoms with Crippen LogP contribution in [0.2, 0.25) is 0 Å². The first kappa shape index (κ1) is 21.4. The van der Waals surface area contributed by atoms with Crippen molar-refractivity contribution in [2.75, 3.05) is 19.0 Å². The summed E-state index contributed by atoms with van der Waals surface area (Å²) < 4.78 is 48.1. The van der Waals surface area contributed by atoms with Crippen LogP contribution in [0.25, 0.3) is 0 Å². The van der Waals surface area contributed by atoms with Gasteiger partial charge in [-0.2, -0.15) is 18.3 Å². The average Bonchev–Trinajstić information content (AvgIpc) is 3.26. The van der Waals surface area contributed by atoms with Crippen LogP contribution in [0, 0.1) is 0 Å². The van der Waals surface area contributed by atoms with E-state index in [0.29, 0.717) is 30.8 Å². The zero-order chi connectivity index (χ0) is 23.2. The molecule has 0 spiro atoms. The van der Waals surface area contributed by atoms with Gasteiger partial charge in [0.25, 0.3) is 5.91 Å². The Morgan fingerprint density at radius 2 is 1.91 bits per heavy atom. The zero-order valence-electron chi connectivity index (χ0n) is 18.0. The molecule has 1 N–H and O–H groups in total. The molecule has 0 radical (unpaired) electrons. The number of amides is 1. The molecule has 172 valence electrons. The number of hydrogen-bond donors (Lipinski definition) is 1. The fourth-order valence-corrected chi connectivity index (χ4v) is 4.59. The number of halogens is 3. The van der Waals surface area contributed by atoms with Crippen molar-refractivity contribution in [2.24, 2.45) is 0 Å². The Kier molecular flexibility index (Phi) is 5.26. The number of nitrogens with zero attached hydrogens (tertiary/aromatic N) is 3. The van der Waals surface area contributed by atoms with Gasteiger partial charge in [-0.25, -0.2) is 4.68 Å². The van der Waals surface area contributed by atoms with E-state index in [0.717, 1.165) is 10.2 Å². The Labute approximate surface area is 189 Å². The first-order chi connectivity index (χ1) is 15.8. The lowest BCUT2D eigenvalue weighted by atomic mass is 9.97. The number of nitrogens with one attached hydrogen (secondary N) is 1. The molecular weight excluding hydrogens is 433 g/mol. The van der Waals surface area contributed by atoms with E-state index in [4.69, 9.17) is 4.74 Å². The third kappa shape index (κ3) is 4.03. The van der Waals surface area contributed by atoms with Gasteiger partial charge in [-0.15, -0.1) is 0 Å². The molecule has 1 amide bonds. The van der Waals surface area contributed by atoms with Crippen LogP contribution in [-0.2, 0) is 13.0 Å². The number of carbonyl (C=O) groups excluding carboxylic acids is 1. The summed E-state index contributed by atoms with van der Waals surface area (Å²) in [5.41, 5.74) is 2.92. The highest BCUT2D eigenvalue weighted by molar-refractivity contribution is 5.93. The van der Waals surface area contributed by atoms with Gasteiger partial charge in [0.05, 0.1) is 13.2 Å². The molecule has 0 saturated carbocycles. The maximum Gasteiger partial charge on any atom is 0.410 e. The van der Waals surface area contributed by atoms with Crippen LogP contribution >= 0.6 is 0 Å². The largest absolute Gasteiger partial charge is 0.497 e. The first-order valence-electron chi connectivity index (χ1n) is 10.8. The minimum Gasteiger partial charge on any atom is -0.497 e. The molecule has 2 aliphatic heterocycles. The van der Waals surface area contributed by atoms with Crippen molar-refractivity contribution in [3.05, 3.63) is 77.0 Å². The van der Waals surface area contributed by atoms with Gasteiger partial charge < -0.3 is 15.0 Å². The quantitative estimate of drug-likeness (QED) is 0.618. The summed E-state index contributed by atoms with van der Waals surface area (Å²) in [5.74, 6) is 0.377. The van der Waals surface area contributed by atoms with Gasteiger partial charge in [0.2, 0.25) is 0 Å². The number of methoxy groups -OCH3 is 1. The lowest BCUT2D eigenvalue weighted by Crippen LogP contribution is -2.37. The number of alkyl halides is 3. The molecule has 2 aliphatic rings. The van der Waals surface area contributed by atoms with Crippen LogP contribution in [0.3, 0.4) is 0 Å². The second-order valence-corrected chi connectivity index (χ2v) is 8.37. The molecule has 0 unspecified atom stereocenters. The molecular formula is C24H23F3N4O2. The third-order valence-electron chi connectivity index (χ3n) is 6.32. The first-order valence-corrected chi connectivity index (χ1v) is 10.8. The summed E-state index contributed by atoms with van der Waals surface area (Å²) in [4.78, 5) is 14.8. The van der Waals surface area contributed by atoms with Crippen molar-refractivity contribution in [1.82, 2.24) is 14.7 Å². The fraction of sp³-hybridized carbons (Fsp3) is 0.333. The Balaban J connectivity index is 1.44. The van der Waals surface area contributed by atoms with Crippen LogP contribution in [0.5, 0.6) is 5.75 Å². The second-order valence-electron chi connectivity index (χ2n) is 8.37. The highest BCUT2D eigenvalue weighted by Crippen LogP contribution is 2.44. The van der Waals surface area contributed by atoms with Gasteiger partial charge in [-0.1, -0.05) is 36.4 Å². The summed E-state index contributed by atoms with van der Waals surface area (Å²) in [6.45, 7) is 0.917. The van der Waals surface area contributed by atoms with Crippen molar-refractivity contribution in [2.45, 2.75) is 37.6 Å². The van der Waals surface area contributed by atoms with Crippen molar-refractivity contribution in [3.8, 4) is 5.75 Å². The van der Waals surface area contributed by atoms with Gasteiger partial charge in [-0.3, -0.25) is 4.79 Å². The van der Waals surface area contributed by atoms with E-state index in [9.17, 15) is 18.0 Å². The molecule has 33 heavy (non-hydrogen) atoms. The summed E-state index contributed by atoms with van der Waals surface area (Å²) >= 11 is 0. The molecule has 0 bridgehead atoms. The maximum absolute atomic E-state index is 14.0. The molecule has 2 atom stereocenters. The van der Waals surface area contributed by atoms with Crippen LogP contribution in [0.15, 0.2) is 54.6 Å². The lowest BCUT2D eigenvalue weighted by molar-refractivity contribution is -0.173. The number of aromatic nitrogens is 2. The molecule has 0 aliphatic carbocycles. The van der Waals surface area contributed by atoms with Crippen molar-refractivity contribution in [1.29, 1.82) is 0 Å². The topological polar surface area (TPSA) is 59.4 Å². The molecule has 1 aromatic heterocycles. The molecule has 6 nitrogen and oxygen atoms in total. The maximum atomic E-state index is 14.0. The summed E-state index contributed by atoms with van der Waals surface area (Å²) in [5, 5.41) is 7.24. The van der Waals surface area contributed by atoms with Gasteiger partial charge in [0, 0.05) is 25.6 Å². The van der Waals surface area contributed by atoms with E-state index < -0.39 is 18.3 Å². The molecule has 3 aromatic rings. The average molecular weight is 456 g/mol. The Hall–Kier alpha value is -3.49. The van der Waals surface area contributed by atoms with Crippen LogP contribution < -0.4 is 10.1 Å². The highest BCUT2D eigenvalue weighted by atomic mass is 19.4. The summed E-state index contributed by atoms with van der Waals surface area (Å²) in [7, 11) is 1.51. The van der Waals surface area contributed by atoms with E-state index >= 15 is 0 Å². The van der Waals surface area contributed by atoms with E-state index in [1.165, 1.54) is 18.7 Å². The normalized spacial score (nSPS) is 19.9. The number of ether oxygens (including phenoxy) is 1. The number of anilines is 1. The van der Waals surface area contributed by atoms with Gasteiger partial charge in [-0.05, 0) is 35.2 Å². The van der Waals surface area contributed by atoms with Crippen molar-refractivity contribution in [3.63, 3.8) is 0 Å². The molecule has 5 rings (SSSR count). The number of fused-ring (bicyclic) bond motifs is 2. The molecule has 2 aromatic carbocycles. The summed E-state index contributed by atoms with van der Waals surface area (Å²) in [6, 6.07) is 13.8. The molecule has 0 saturated heterocycles.